The molecule has 1 aromatic heterocycles. The van der Waals surface area contributed by atoms with Crippen LogP contribution in [0.4, 0.5) is 10.5 Å². The van der Waals surface area contributed by atoms with Gasteiger partial charge < -0.3 is 14.8 Å². The molecule has 0 spiro atoms. The minimum absolute atomic E-state index is 0.00431. The molecule has 1 saturated carbocycles. The van der Waals surface area contributed by atoms with Crippen molar-refractivity contribution in [1.29, 1.82) is 0 Å². The summed E-state index contributed by atoms with van der Waals surface area (Å²) in [5.41, 5.74) is 0.846. The molecule has 0 radical (unpaired) electrons. The van der Waals surface area contributed by atoms with Crippen molar-refractivity contribution in [3.63, 3.8) is 0 Å². The van der Waals surface area contributed by atoms with Gasteiger partial charge in [-0.25, -0.2) is 4.79 Å². The van der Waals surface area contributed by atoms with Crippen LogP contribution >= 0.6 is 0 Å². The topological polar surface area (TPSA) is 63.1 Å². The van der Waals surface area contributed by atoms with E-state index in [1.54, 1.807) is 0 Å². The van der Waals surface area contributed by atoms with Crippen molar-refractivity contribution in [2.75, 3.05) is 18.4 Å². The number of benzene rings is 1. The first-order valence-corrected chi connectivity index (χ1v) is 9.25. The monoisotopic (exact) mass is 339 g/mol. The number of para-hydroxylation sites is 1. The van der Waals surface area contributed by atoms with Gasteiger partial charge in [0.1, 0.15) is 12.2 Å². The Hall–Kier alpha value is -2.37. The van der Waals surface area contributed by atoms with E-state index < -0.39 is 0 Å². The van der Waals surface area contributed by atoms with Gasteiger partial charge in [-0.05, 0) is 49.7 Å². The molecular weight excluding hydrogens is 314 g/mol. The van der Waals surface area contributed by atoms with Gasteiger partial charge in [-0.15, -0.1) is 10.2 Å². The lowest BCUT2D eigenvalue weighted by atomic mass is 9.94. The van der Waals surface area contributed by atoms with E-state index >= 15 is 0 Å². The maximum absolute atomic E-state index is 12.5. The Kier molecular flexibility index (Phi) is 4.68. The van der Waals surface area contributed by atoms with Gasteiger partial charge in [-0.1, -0.05) is 18.2 Å². The number of carbonyl (C=O) groups is 1. The van der Waals surface area contributed by atoms with Gasteiger partial charge in [-0.2, -0.15) is 0 Å². The van der Waals surface area contributed by atoms with Crippen LogP contribution in [0.1, 0.15) is 31.5 Å². The second-order valence-electron chi connectivity index (χ2n) is 7.30. The molecule has 1 aliphatic heterocycles. The van der Waals surface area contributed by atoms with Gasteiger partial charge in [0.2, 0.25) is 0 Å². The fourth-order valence-electron chi connectivity index (χ4n) is 3.57. The third-order valence-corrected chi connectivity index (χ3v) is 5.15. The zero-order valence-corrected chi connectivity index (χ0v) is 14.5. The van der Waals surface area contributed by atoms with Crippen molar-refractivity contribution in [3.05, 3.63) is 42.5 Å². The normalized spacial score (nSPS) is 20.5. The standard InChI is InChI=1S/C19H25N5O/c25-19(21-17-6-2-1-3-7-17)23-10-4-5-16(13-23)11-18-22-20-14-24(18)12-15-8-9-15/h1-3,6-7,14-16H,4-5,8-13H2,(H,21,25). The van der Waals surface area contributed by atoms with Crippen molar-refractivity contribution in [3.8, 4) is 0 Å². The lowest BCUT2D eigenvalue weighted by Crippen LogP contribution is -2.43. The van der Waals surface area contributed by atoms with Crippen LogP contribution in [0.25, 0.3) is 0 Å². The maximum Gasteiger partial charge on any atom is 0.321 e. The molecule has 2 heterocycles. The number of aromatic nitrogens is 3. The van der Waals surface area contributed by atoms with E-state index in [9.17, 15) is 4.79 Å². The zero-order chi connectivity index (χ0) is 17.1. The fraction of sp³-hybridized carbons (Fsp3) is 0.526. The maximum atomic E-state index is 12.5. The average molecular weight is 339 g/mol. The summed E-state index contributed by atoms with van der Waals surface area (Å²) in [4.78, 5) is 14.5. The summed E-state index contributed by atoms with van der Waals surface area (Å²) in [6, 6.07) is 9.64. The molecule has 1 saturated heterocycles. The molecule has 4 rings (SSSR count). The van der Waals surface area contributed by atoms with Gasteiger partial charge >= 0.3 is 6.03 Å². The molecule has 1 aromatic carbocycles. The van der Waals surface area contributed by atoms with E-state index in [0.717, 1.165) is 56.3 Å². The summed E-state index contributed by atoms with van der Waals surface area (Å²) in [7, 11) is 0. The molecular formula is C19H25N5O. The highest BCUT2D eigenvalue weighted by Gasteiger charge is 2.27. The number of urea groups is 1. The third-order valence-electron chi connectivity index (χ3n) is 5.15. The summed E-state index contributed by atoms with van der Waals surface area (Å²) in [5, 5.41) is 11.4. The zero-order valence-electron chi connectivity index (χ0n) is 14.5. The highest BCUT2D eigenvalue weighted by atomic mass is 16.2. The lowest BCUT2D eigenvalue weighted by molar-refractivity contribution is 0.176. The number of piperidine rings is 1. The van der Waals surface area contributed by atoms with Crippen LogP contribution in [0.2, 0.25) is 0 Å². The molecule has 2 aliphatic rings. The highest BCUT2D eigenvalue weighted by molar-refractivity contribution is 5.89. The summed E-state index contributed by atoms with van der Waals surface area (Å²) >= 11 is 0. The SMILES string of the molecule is O=C(Nc1ccccc1)N1CCCC(Cc2nncn2CC2CC2)C1. The average Bonchev–Trinajstić information content (AvgIpc) is 3.35. The van der Waals surface area contributed by atoms with E-state index in [-0.39, 0.29) is 6.03 Å². The summed E-state index contributed by atoms with van der Waals surface area (Å²) in [6.07, 6.45) is 7.61. The first-order chi connectivity index (χ1) is 12.3. The number of hydrogen-bond acceptors (Lipinski definition) is 3. The second-order valence-corrected chi connectivity index (χ2v) is 7.30. The molecule has 1 unspecified atom stereocenters. The first-order valence-electron chi connectivity index (χ1n) is 9.25. The first kappa shape index (κ1) is 16.1. The van der Waals surface area contributed by atoms with Crippen LogP contribution in [-0.4, -0.2) is 38.8 Å². The highest BCUT2D eigenvalue weighted by Crippen LogP contribution is 2.31. The molecule has 6 heteroatoms. The Morgan fingerprint density at radius 1 is 1.16 bits per heavy atom. The number of hydrogen-bond donors (Lipinski definition) is 1. The molecule has 1 aliphatic carbocycles. The molecule has 25 heavy (non-hydrogen) atoms. The van der Waals surface area contributed by atoms with Gasteiger partial charge in [0, 0.05) is 31.7 Å². The second kappa shape index (κ2) is 7.25. The number of anilines is 1. The Morgan fingerprint density at radius 2 is 2.00 bits per heavy atom. The Labute approximate surface area is 148 Å². The predicted octanol–water partition coefficient (Wildman–Crippen LogP) is 3.17. The molecule has 0 bridgehead atoms. The minimum atomic E-state index is -0.00431. The molecule has 1 N–H and O–H groups in total. The van der Waals surface area contributed by atoms with Crippen molar-refractivity contribution < 1.29 is 4.79 Å². The molecule has 132 valence electrons. The van der Waals surface area contributed by atoms with Gasteiger partial charge in [0.25, 0.3) is 0 Å². The number of likely N-dealkylation sites (tertiary alicyclic amines) is 1. The van der Waals surface area contributed by atoms with Crippen LogP contribution < -0.4 is 5.32 Å². The van der Waals surface area contributed by atoms with Crippen LogP contribution in [0.15, 0.2) is 36.7 Å². The largest absolute Gasteiger partial charge is 0.324 e. The van der Waals surface area contributed by atoms with Gasteiger partial charge in [0.15, 0.2) is 0 Å². The Morgan fingerprint density at radius 3 is 2.80 bits per heavy atom. The molecule has 2 aromatic rings. The molecule has 2 fully saturated rings. The molecule has 6 nitrogen and oxygen atoms in total. The number of nitrogens with zero attached hydrogens (tertiary/aromatic N) is 4. The van der Waals surface area contributed by atoms with E-state index in [1.807, 2.05) is 41.6 Å². The van der Waals surface area contributed by atoms with E-state index in [2.05, 4.69) is 20.1 Å². The number of carbonyl (C=O) groups excluding carboxylic acids is 1. The smallest absolute Gasteiger partial charge is 0.321 e. The van der Waals surface area contributed by atoms with Crippen LogP contribution in [0.5, 0.6) is 0 Å². The van der Waals surface area contributed by atoms with Crippen molar-refractivity contribution in [1.82, 2.24) is 19.7 Å². The summed E-state index contributed by atoms with van der Waals surface area (Å²) < 4.78 is 2.21. The van der Waals surface area contributed by atoms with E-state index in [0.29, 0.717) is 5.92 Å². The van der Waals surface area contributed by atoms with Crippen molar-refractivity contribution >= 4 is 11.7 Å². The Bertz CT molecular complexity index is 710. The lowest BCUT2D eigenvalue weighted by Gasteiger charge is -2.32. The van der Waals surface area contributed by atoms with Gasteiger partial charge in [0.05, 0.1) is 0 Å². The van der Waals surface area contributed by atoms with Crippen LogP contribution in [0.3, 0.4) is 0 Å². The number of amides is 2. The minimum Gasteiger partial charge on any atom is -0.324 e. The van der Waals surface area contributed by atoms with E-state index in [1.165, 1.54) is 12.8 Å². The molecule has 1 atom stereocenters. The van der Waals surface area contributed by atoms with E-state index in [4.69, 9.17) is 0 Å². The van der Waals surface area contributed by atoms with Gasteiger partial charge in [-0.3, -0.25) is 0 Å². The van der Waals surface area contributed by atoms with Crippen molar-refractivity contribution in [2.24, 2.45) is 11.8 Å². The molecule has 2 amide bonds. The Balaban J connectivity index is 1.34. The van der Waals surface area contributed by atoms with Crippen LogP contribution in [0, 0.1) is 11.8 Å². The quantitative estimate of drug-likeness (QED) is 0.910. The predicted molar refractivity (Wildman–Crippen MR) is 96.2 cm³/mol. The summed E-state index contributed by atoms with van der Waals surface area (Å²) in [5.74, 6) is 2.34. The third kappa shape index (κ3) is 4.18. The number of nitrogens with one attached hydrogen (secondary N) is 1. The fourth-order valence-corrected chi connectivity index (χ4v) is 3.57. The number of rotatable bonds is 5. The van der Waals surface area contributed by atoms with Crippen LogP contribution in [-0.2, 0) is 13.0 Å². The summed E-state index contributed by atoms with van der Waals surface area (Å²) in [6.45, 7) is 2.66. The van der Waals surface area contributed by atoms with Crippen molar-refractivity contribution in [2.45, 2.75) is 38.6 Å².